The zero-order valence-electron chi connectivity index (χ0n) is 9.96. The third-order valence-corrected chi connectivity index (χ3v) is 2.82. The van der Waals surface area contributed by atoms with E-state index in [0.717, 1.165) is 45.6 Å². The van der Waals surface area contributed by atoms with Gasteiger partial charge in [-0.2, -0.15) is 0 Å². The number of hydrogen-bond acceptors (Lipinski definition) is 3. The lowest BCUT2D eigenvalue weighted by atomic mass is 9.95. The molecule has 0 aliphatic carbocycles. The van der Waals surface area contributed by atoms with Crippen LogP contribution in [0.2, 0.25) is 0 Å². The van der Waals surface area contributed by atoms with E-state index in [1.807, 2.05) is 7.05 Å². The Balaban J connectivity index is 0.00000225. The first kappa shape index (κ1) is 15.7. The number of halogens is 1. The van der Waals surface area contributed by atoms with Crippen molar-refractivity contribution in [3.05, 3.63) is 0 Å². The number of carbonyl (C=O) groups is 1. The molecule has 1 fully saturated rings. The van der Waals surface area contributed by atoms with Crippen LogP contribution in [0.25, 0.3) is 0 Å². The zero-order valence-corrected chi connectivity index (χ0v) is 10.8. The zero-order chi connectivity index (χ0) is 10.9. The Morgan fingerprint density at radius 1 is 1.31 bits per heavy atom. The van der Waals surface area contributed by atoms with Crippen LogP contribution in [0.4, 0.5) is 0 Å². The van der Waals surface area contributed by atoms with Crippen LogP contribution in [0.3, 0.4) is 0 Å². The molecule has 0 aromatic heterocycles. The van der Waals surface area contributed by atoms with Crippen LogP contribution in [0.1, 0.15) is 25.7 Å². The van der Waals surface area contributed by atoms with Gasteiger partial charge in [0.1, 0.15) is 0 Å². The van der Waals surface area contributed by atoms with Crippen LogP contribution in [0, 0.1) is 5.92 Å². The average Bonchev–Trinajstić information content (AvgIpc) is 2.28. The minimum Gasteiger partial charge on any atom is -0.381 e. The Kier molecular flexibility index (Phi) is 9.68. The summed E-state index contributed by atoms with van der Waals surface area (Å²) in [5, 5.41) is 5.89. The van der Waals surface area contributed by atoms with Crippen molar-refractivity contribution in [3.63, 3.8) is 0 Å². The highest BCUT2D eigenvalue weighted by Gasteiger charge is 2.14. The van der Waals surface area contributed by atoms with Crippen molar-refractivity contribution in [1.29, 1.82) is 0 Å². The summed E-state index contributed by atoms with van der Waals surface area (Å²) >= 11 is 0. The van der Waals surface area contributed by atoms with Crippen molar-refractivity contribution >= 4 is 18.3 Å². The van der Waals surface area contributed by atoms with Gasteiger partial charge in [0.15, 0.2) is 0 Å². The molecule has 1 heterocycles. The van der Waals surface area contributed by atoms with Gasteiger partial charge in [0, 0.05) is 32.7 Å². The molecule has 0 radical (unpaired) electrons. The molecule has 0 aromatic carbocycles. The van der Waals surface area contributed by atoms with Gasteiger partial charge in [-0.15, -0.1) is 12.4 Å². The van der Waals surface area contributed by atoms with Gasteiger partial charge >= 0.3 is 0 Å². The Bertz CT molecular complexity index is 185. The molecular weight excluding hydrogens is 228 g/mol. The molecule has 5 heteroatoms. The van der Waals surface area contributed by atoms with E-state index in [1.54, 1.807) is 0 Å². The normalized spacial score (nSPS) is 16.6. The quantitative estimate of drug-likeness (QED) is 0.691. The van der Waals surface area contributed by atoms with Gasteiger partial charge in [-0.1, -0.05) is 0 Å². The maximum Gasteiger partial charge on any atom is 0.220 e. The van der Waals surface area contributed by atoms with Crippen LogP contribution >= 0.6 is 12.4 Å². The maximum atomic E-state index is 11.4. The van der Waals surface area contributed by atoms with Gasteiger partial charge in [-0.3, -0.25) is 4.79 Å². The lowest BCUT2D eigenvalue weighted by molar-refractivity contribution is -0.121. The number of ether oxygens (including phenoxy) is 1. The lowest BCUT2D eigenvalue weighted by Gasteiger charge is -2.21. The minimum absolute atomic E-state index is 0. The second kappa shape index (κ2) is 9.87. The van der Waals surface area contributed by atoms with Crippen molar-refractivity contribution in [2.24, 2.45) is 5.92 Å². The van der Waals surface area contributed by atoms with E-state index in [4.69, 9.17) is 4.74 Å². The van der Waals surface area contributed by atoms with Crippen LogP contribution in [-0.4, -0.2) is 39.3 Å². The van der Waals surface area contributed by atoms with Gasteiger partial charge in [0.2, 0.25) is 5.91 Å². The molecule has 2 N–H and O–H groups in total. The van der Waals surface area contributed by atoms with E-state index < -0.39 is 0 Å². The fourth-order valence-corrected chi connectivity index (χ4v) is 1.79. The van der Waals surface area contributed by atoms with Gasteiger partial charge in [-0.05, 0) is 32.2 Å². The smallest absolute Gasteiger partial charge is 0.220 e. The molecule has 0 aromatic rings. The van der Waals surface area contributed by atoms with E-state index in [1.165, 1.54) is 0 Å². The highest BCUT2D eigenvalue weighted by Crippen LogP contribution is 2.19. The predicted octanol–water partition coefficient (Wildman–Crippen LogP) is 0.951. The first-order valence-electron chi connectivity index (χ1n) is 5.82. The van der Waals surface area contributed by atoms with E-state index in [0.29, 0.717) is 12.3 Å². The number of nitrogens with one attached hydrogen (secondary N) is 2. The second-order valence-corrected chi connectivity index (χ2v) is 4.05. The van der Waals surface area contributed by atoms with Crippen LogP contribution in [-0.2, 0) is 9.53 Å². The highest BCUT2D eigenvalue weighted by molar-refractivity contribution is 5.85. The van der Waals surface area contributed by atoms with Gasteiger partial charge < -0.3 is 15.4 Å². The predicted molar refractivity (Wildman–Crippen MR) is 67.0 cm³/mol. The van der Waals surface area contributed by atoms with Crippen LogP contribution in [0.15, 0.2) is 0 Å². The summed E-state index contributed by atoms with van der Waals surface area (Å²) in [7, 11) is 1.88. The number of amides is 1. The summed E-state index contributed by atoms with van der Waals surface area (Å²) in [6.07, 6.45) is 3.90. The van der Waals surface area contributed by atoms with E-state index in [9.17, 15) is 4.79 Å². The summed E-state index contributed by atoms with van der Waals surface area (Å²) in [4.78, 5) is 11.4. The average molecular weight is 251 g/mol. The van der Waals surface area contributed by atoms with E-state index in [-0.39, 0.29) is 18.3 Å². The molecule has 0 spiro atoms. The number of likely N-dealkylation sites (N-methyl/N-ethyl adjacent to an activating group) is 1. The van der Waals surface area contributed by atoms with E-state index in [2.05, 4.69) is 10.6 Å². The summed E-state index contributed by atoms with van der Waals surface area (Å²) in [5.41, 5.74) is 0. The van der Waals surface area contributed by atoms with Crippen molar-refractivity contribution < 1.29 is 9.53 Å². The van der Waals surface area contributed by atoms with E-state index >= 15 is 0 Å². The molecule has 0 bridgehead atoms. The number of carbonyl (C=O) groups excluding carboxylic acids is 1. The topological polar surface area (TPSA) is 50.4 Å². The second-order valence-electron chi connectivity index (χ2n) is 4.05. The molecule has 1 amide bonds. The van der Waals surface area contributed by atoms with Crippen molar-refractivity contribution in [3.8, 4) is 0 Å². The SMILES string of the molecule is CNCCNC(=O)CCC1CCOCC1.Cl. The number of rotatable bonds is 6. The van der Waals surface area contributed by atoms with Gasteiger partial charge in [-0.25, -0.2) is 0 Å². The molecule has 0 saturated carbocycles. The van der Waals surface area contributed by atoms with Crippen molar-refractivity contribution in [2.45, 2.75) is 25.7 Å². The molecule has 0 unspecified atom stereocenters. The Hall–Kier alpha value is -0.320. The standard InChI is InChI=1S/C11H22N2O2.ClH/c1-12-6-7-13-11(14)3-2-10-4-8-15-9-5-10;/h10,12H,2-9H2,1H3,(H,13,14);1H. The third kappa shape index (κ3) is 7.04. The highest BCUT2D eigenvalue weighted by atomic mass is 35.5. The fourth-order valence-electron chi connectivity index (χ4n) is 1.79. The van der Waals surface area contributed by atoms with Crippen LogP contribution < -0.4 is 10.6 Å². The fraction of sp³-hybridized carbons (Fsp3) is 0.909. The van der Waals surface area contributed by atoms with Gasteiger partial charge in [0.05, 0.1) is 0 Å². The number of hydrogen-bond donors (Lipinski definition) is 2. The molecular formula is C11H23ClN2O2. The monoisotopic (exact) mass is 250 g/mol. The molecule has 0 atom stereocenters. The molecule has 1 aliphatic heterocycles. The summed E-state index contributed by atoms with van der Waals surface area (Å²) in [6, 6.07) is 0. The molecule has 4 nitrogen and oxygen atoms in total. The maximum absolute atomic E-state index is 11.4. The molecule has 1 saturated heterocycles. The summed E-state index contributed by atoms with van der Waals surface area (Å²) < 4.78 is 5.28. The lowest BCUT2D eigenvalue weighted by Crippen LogP contribution is -2.30. The Labute approximate surface area is 104 Å². The van der Waals surface area contributed by atoms with Crippen molar-refractivity contribution in [2.75, 3.05) is 33.4 Å². The van der Waals surface area contributed by atoms with Crippen LogP contribution in [0.5, 0.6) is 0 Å². The minimum atomic E-state index is 0. The Morgan fingerprint density at radius 3 is 2.62 bits per heavy atom. The Morgan fingerprint density at radius 2 is 2.00 bits per heavy atom. The summed E-state index contributed by atoms with van der Waals surface area (Å²) in [6.45, 7) is 3.30. The van der Waals surface area contributed by atoms with Gasteiger partial charge in [0.25, 0.3) is 0 Å². The molecule has 16 heavy (non-hydrogen) atoms. The molecule has 1 aliphatic rings. The van der Waals surface area contributed by atoms with Crippen molar-refractivity contribution in [1.82, 2.24) is 10.6 Å². The molecule has 96 valence electrons. The summed E-state index contributed by atoms with van der Waals surface area (Å²) in [5.74, 6) is 0.866. The third-order valence-electron chi connectivity index (χ3n) is 2.82. The molecule has 1 rings (SSSR count). The largest absolute Gasteiger partial charge is 0.381 e. The first-order chi connectivity index (χ1) is 7.33. The first-order valence-corrected chi connectivity index (χ1v) is 5.82.